The second-order valence-corrected chi connectivity index (χ2v) is 6.00. The molecule has 0 bridgehead atoms. The van der Waals surface area contributed by atoms with Crippen LogP contribution in [0.25, 0.3) is 11.0 Å². The van der Waals surface area contributed by atoms with Crippen molar-refractivity contribution in [3.8, 4) is 0 Å². The number of nitrogens with one attached hydrogen (secondary N) is 1. The van der Waals surface area contributed by atoms with Gasteiger partial charge in [0.15, 0.2) is 5.65 Å². The number of fused-ring (bicyclic) bond motifs is 1. The van der Waals surface area contributed by atoms with Gasteiger partial charge in [-0.25, -0.2) is 15.0 Å². The Balaban J connectivity index is 1.74. The van der Waals surface area contributed by atoms with Gasteiger partial charge in [0.2, 0.25) is 0 Å². The Hall–Kier alpha value is -3.22. The Bertz CT molecular complexity index is 974. The van der Waals surface area contributed by atoms with Gasteiger partial charge in [0, 0.05) is 26.0 Å². The van der Waals surface area contributed by atoms with Gasteiger partial charge in [0.25, 0.3) is 0 Å². The summed E-state index contributed by atoms with van der Waals surface area (Å²) >= 11 is 0. The molecule has 126 valence electrons. The number of anilines is 1. The lowest BCUT2D eigenvalue weighted by atomic mass is 10.1. The number of nitrogens with zero attached hydrogens (tertiary/aromatic N) is 6. The number of hydrogen-bond donors (Lipinski definition) is 1. The number of imidazole rings is 1. The first-order valence-electron chi connectivity index (χ1n) is 8.14. The minimum absolute atomic E-state index is 0.0492. The van der Waals surface area contributed by atoms with Crippen LogP contribution in [-0.2, 0) is 13.6 Å². The topological polar surface area (TPSA) is 73.5 Å². The van der Waals surface area contributed by atoms with Gasteiger partial charge in [-0.3, -0.25) is 4.68 Å². The molecular weight excluding hydrogens is 314 g/mol. The molecule has 1 N–H and O–H groups in total. The Labute approximate surface area is 145 Å². The van der Waals surface area contributed by atoms with Crippen molar-refractivity contribution in [2.24, 2.45) is 7.05 Å². The van der Waals surface area contributed by atoms with Crippen LogP contribution < -0.4 is 5.32 Å². The van der Waals surface area contributed by atoms with Crippen LogP contribution >= 0.6 is 0 Å². The third-order valence-electron chi connectivity index (χ3n) is 4.26. The molecule has 0 spiro atoms. The minimum atomic E-state index is 0.0492. The fourth-order valence-corrected chi connectivity index (χ4v) is 3.08. The molecule has 0 fully saturated rings. The quantitative estimate of drug-likeness (QED) is 0.608. The smallest absolute Gasteiger partial charge is 0.163 e. The molecular formula is C18H19N7. The predicted octanol–water partition coefficient (Wildman–Crippen LogP) is 2.72. The van der Waals surface area contributed by atoms with Crippen LogP contribution in [0.1, 0.15) is 17.3 Å². The lowest BCUT2D eigenvalue weighted by Gasteiger charge is -2.20. The first kappa shape index (κ1) is 15.3. The van der Waals surface area contributed by atoms with Crippen molar-refractivity contribution < 1.29 is 0 Å². The maximum Gasteiger partial charge on any atom is 0.163 e. The molecule has 0 amide bonds. The maximum atomic E-state index is 4.48. The van der Waals surface area contributed by atoms with Crippen LogP contribution in [0.2, 0.25) is 0 Å². The zero-order valence-corrected chi connectivity index (χ0v) is 14.2. The molecule has 0 aliphatic rings. The summed E-state index contributed by atoms with van der Waals surface area (Å²) < 4.78 is 3.84. The highest BCUT2D eigenvalue weighted by Gasteiger charge is 2.17. The van der Waals surface area contributed by atoms with E-state index in [1.165, 1.54) is 5.56 Å². The molecule has 3 aromatic heterocycles. The zero-order valence-electron chi connectivity index (χ0n) is 14.2. The number of aryl methyl sites for hydroxylation is 2. The Morgan fingerprint density at radius 3 is 2.76 bits per heavy atom. The average molecular weight is 333 g/mol. The second kappa shape index (κ2) is 6.35. The van der Waals surface area contributed by atoms with Crippen molar-refractivity contribution in [2.45, 2.75) is 19.5 Å². The summed E-state index contributed by atoms with van der Waals surface area (Å²) in [7, 11) is 1.90. The molecule has 0 saturated heterocycles. The summed E-state index contributed by atoms with van der Waals surface area (Å²) in [5.74, 6) is 0.796. The largest absolute Gasteiger partial charge is 0.361 e. The molecule has 1 aromatic carbocycles. The monoisotopic (exact) mass is 333 g/mol. The lowest BCUT2D eigenvalue weighted by Crippen LogP contribution is -2.18. The highest BCUT2D eigenvalue weighted by Crippen LogP contribution is 2.27. The van der Waals surface area contributed by atoms with E-state index >= 15 is 0 Å². The van der Waals surface area contributed by atoms with E-state index in [-0.39, 0.29) is 6.04 Å². The molecule has 4 rings (SSSR count). The van der Waals surface area contributed by atoms with Crippen LogP contribution in [0, 0.1) is 6.92 Å². The van der Waals surface area contributed by atoms with E-state index in [9.17, 15) is 0 Å². The van der Waals surface area contributed by atoms with Crippen molar-refractivity contribution in [3.05, 3.63) is 66.6 Å². The molecule has 4 aromatic rings. The fourth-order valence-electron chi connectivity index (χ4n) is 3.08. The van der Waals surface area contributed by atoms with Crippen molar-refractivity contribution in [1.82, 2.24) is 29.3 Å². The summed E-state index contributed by atoms with van der Waals surface area (Å²) in [5, 5.41) is 9.00. The van der Waals surface area contributed by atoms with Gasteiger partial charge < -0.3 is 9.88 Å². The van der Waals surface area contributed by atoms with E-state index in [4.69, 9.17) is 0 Å². The summed E-state index contributed by atoms with van der Waals surface area (Å²) in [5.41, 5.74) is 2.92. The number of rotatable bonds is 5. The molecule has 0 radical (unpaired) electrons. The Morgan fingerprint density at radius 1 is 1.16 bits per heavy atom. The van der Waals surface area contributed by atoms with Gasteiger partial charge in [-0.2, -0.15) is 5.10 Å². The highest BCUT2D eigenvalue weighted by molar-refractivity contribution is 5.89. The SMILES string of the molecule is Cc1nn(C)c2ncnc(N[C@H](Cn3ccnc3)c3ccccc3)c12. The molecule has 1 atom stereocenters. The molecule has 3 heterocycles. The van der Waals surface area contributed by atoms with E-state index in [1.807, 2.05) is 44.7 Å². The average Bonchev–Trinajstić information content (AvgIpc) is 3.24. The van der Waals surface area contributed by atoms with E-state index in [0.29, 0.717) is 0 Å². The third-order valence-corrected chi connectivity index (χ3v) is 4.26. The van der Waals surface area contributed by atoms with Crippen molar-refractivity contribution in [2.75, 3.05) is 5.32 Å². The first-order valence-corrected chi connectivity index (χ1v) is 8.14. The van der Waals surface area contributed by atoms with Crippen LogP contribution in [0.15, 0.2) is 55.4 Å². The summed E-state index contributed by atoms with van der Waals surface area (Å²) in [6.07, 6.45) is 7.15. The second-order valence-electron chi connectivity index (χ2n) is 6.00. The molecule has 7 heteroatoms. The van der Waals surface area contributed by atoms with Crippen LogP contribution in [-0.4, -0.2) is 29.3 Å². The van der Waals surface area contributed by atoms with Gasteiger partial charge >= 0.3 is 0 Å². The van der Waals surface area contributed by atoms with Crippen molar-refractivity contribution in [3.63, 3.8) is 0 Å². The standard InChI is InChI=1S/C18H19N7/c1-13-16-17(20-11-21-18(16)24(2)23-13)22-15(10-25-9-8-19-12-25)14-6-4-3-5-7-14/h3-9,11-12,15H,10H2,1-2H3,(H,20,21,22)/t15-/m1/s1. The highest BCUT2D eigenvalue weighted by atomic mass is 15.3. The summed E-state index contributed by atoms with van der Waals surface area (Å²) in [4.78, 5) is 13.0. The normalized spacial score (nSPS) is 12.4. The van der Waals surface area contributed by atoms with Gasteiger partial charge in [-0.05, 0) is 12.5 Å². The van der Waals surface area contributed by atoms with Gasteiger partial charge in [0.1, 0.15) is 12.1 Å². The maximum absolute atomic E-state index is 4.48. The predicted molar refractivity (Wildman–Crippen MR) is 96.1 cm³/mol. The Morgan fingerprint density at radius 2 is 2.00 bits per heavy atom. The fraction of sp³-hybridized carbons (Fsp3) is 0.222. The molecule has 0 unspecified atom stereocenters. The zero-order chi connectivity index (χ0) is 17.2. The minimum Gasteiger partial charge on any atom is -0.361 e. The van der Waals surface area contributed by atoms with Crippen LogP contribution in [0.4, 0.5) is 5.82 Å². The van der Waals surface area contributed by atoms with Crippen molar-refractivity contribution in [1.29, 1.82) is 0 Å². The summed E-state index contributed by atoms with van der Waals surface area (Å²) in [6.45, 7) is 2.72. The van der Waals surface area contributed by atoms with E-state index < -0.39 is 0 Å². The number of hydrogen-bond acceptors (Lipinski definition) is 5. The van der Waals surface area contributed by atoms with E-state index in [2.05, 4.69) is 42.1 Å². The number of benzene rings is 1. The van der Waals surface area contributed by atoms with Gasteiger partial charge in [-0.1, -0.05) is 30.3 Å². The lowest BCUT2D eigenvalue weighted by molar-refractivity contribution is 0.606. The molecule has 0 aliphatic heterocycles. The Kier molecular flexibility index (Phi) is 3.89. The number of aromatic nitrogens is 6. The molecule has 0 aliphatic carbocycles. The molecule has 0 saturated carbocycles. The van der Waals surface area contributed by atoms with Gasteiger partial charge in [0.05, 0.1) is 23.4 Å². The first-order chi connectivity index (χ1) is 12.2. The molecule has 7 nitrogen and oxygen atoms in total. The van der Waals surface area contributed by atoms with Gasteiger partial charge in [-0.15, -0.1) is 0 Å². The van der Waals surface area contributed by atoms with Crippen LogP contribution in [0.3, 0.4) is 0 Å². The van der Waals surface area contributed by atoms with Crippen LogP contribution in [0.5, 0.6) is 0 Å². The van der Waals surface area contributed by atoms with E-state index in [1.54, 1.807) is 17.2 Å². The third kappa shape index (κ3) is 2.96. The van der Waals surface area contributed by atoms with Crippen molar-refractivity contribution >= 4 is 16.9 Å². The van der Waals surface area contributed by atoms with E-state index in [0.717, 1.165) is 29.1 Å². The summed E-state index contributed by atoms with van der Waals surface area (Å²) in [6, 6.07) is 10.4. The molecule has 25 heavy (non-hydrogen) atoms.